The Morgan fingerprint density at radius 2 is 2.16 bits per heavy atom. The molecule has 1 aromatic carbocycles. The standard InChI is InChI=1S/C21H28N2O2/c1-3-11-23-12-9-16(10-13-23)21(24)22-15-18-6-4-5-17-14-19(25-2)7-8-20(17)18/h1,7-8,14,16,18H,4-6,9-13,15H2,2H3,(H,22,24). The fourth-order valence-electron chi connectivity index (χ4n) is 4.08. The highest BCUT2D eigenvalue weighted by atomic mass is 16.5. The van der Waals surface area contributed by atoms with Crippen molar-refractivity contribution in [2.24, 2.45) is 5.92 Å². The van der Waals surface area contributed by atoms with Crippen LogP contribution in [0.4, 0.5) is 0 Å². The van der Waals surface area contributed by atoms with Crippen molar-refractivity contribution in [2.45, 2.75) is 38.0 Å². The number of hydrogen-bond donors (Lipinski definition) is 1. The number of carbonyl (C=O) groups is 1. The zero-order valence-corrected chi connectivity index (χ0v) is 15.1. The highest BCUT2D eigenvalue weighted by Crippen LogP contribution is 2.33. The topological polar surface area (TPSA) is 41.6 Å². The molecule has 1 aliphatic carbocycles. The molecular weight excluding hydrogens is 312 g/mol. The number of terminal acetylenes is 1. The van der Waals surface area contributed by atoms with Gasteiger partial charge in [0.2, 0.25) is 5.91 Å². The van der Waals surface area contributed by atoms with Crippen LogP contribution in [0.2, 0.25) is 0 Å². The van der Waals surface area contributed by atoms with Crippen molar-refractivity contribution in [3.05, 3.63) is 29.3 Å². The zero-order valence-electron chi connectivity index (χ0n) is 15.1. The Kier molecular flexibility index (Phi) is 5.99. The molecule has 134 valence electrons. The minimum absolute atomic E-state index is 0.132. The van der Waals surface area contributed by atoms with E-state index in [0.29, 0.717) is 12.5 Å². The molecule has 0 radical (unpaired) electrons. The van der Waals surface area contributed by atoms with E-state index in [9.17, 15) is 4.79 Å². The van der Waals surface area contributed by atoms with Gasteiger partial charge in [-0.25, -0.2) is 0 Å². The summed E-state index contributed by atoms with van der Waals surface area (Å²) in [6, 6.07) is 6.34. The second-order valence-corrected chi connectivity index (χ2v) is 7.15. The van der Waals surface area contributed by atoms with Crippen LogP contribution in [0.1, 0.15) is 42.7 Å². The van der Waals surface area contributed by atoms with Crippen LogP contribution in [0.3, 0.4) is 0 Å². The first-order chi connectivity index (χ1) is 12.2. The lowest BCUT2D eigenvalue weighted by atomic mass is 9.82. The Labute approximate surface area is 150 Å². The maximum absolute atomic E-state index is 12.5. The molecule has 1 fully saturated rings. The lowest BCUT2D eigenvalue weighted by Gasteiger charge is -2.31. The van der Waals surface area contributed by atoms with Crippen molar-refractivity contribution in [1.29, 1.82) is 0 Å². The minimum atomic E-state index is 0.132. The third-order valence-corrected chi connectivity index (χ3v) is 5.58. The molecule has 4 nitrogen and oxygen atoms in total. The summed E-state index contributed by atoms with van der Waals surface area (Å²) >= 11 is 0. The number of nitrogens with zero attached hydrogens (tertiary/aromatic N) is 1. The number of likely N-dealkylation sites (tertiary alicyclic amines) is 1. The van der Waals surface area contributed by atoms with Crippen molar-refractivity contribution < 1.29 is 9.53 Å². The first-order valence-electron chi connectivity index (χ1n) is 9.31. The third-order valence-electron chi connectivity index (χ3n) is 5.58. The predicted octanol–water partition coefficient (Wildman–Crippen LogP) is 2.58. The SMILES string of the molecule is C#CCN1CCC(C(=O)NCC2CCCc3cc(OC)ccc32)CC1. The molecule has 2 aliphatic rings. The first-order valence-corrected chi connectivity index (χ1v) is 9.31. The van der Waals surface area contributed by atoms with E-state index in [2.05, 4.69) is 28.3 Å². The molecule has 0 bridgehead atoms. The Morgan fingerprint density at radius 3 is 2.88 bits per heavy atom. The number of methoxy groups -OCH3 is 1. The molecule has 0 saturated carbocycles. The molecule has 1 amide bonds. The number of hydrogen-bond acceptors (Lipinski definition) is 3. The van der Waals surface area contributed by atoms with Gasteiger partial charge in [0.05, 0.1) is 13.7 Å². The van der Waals surface area contributed by atoms with E-state index < -0.39 is 0 Å². The molecule has 25 heavy (non-hydrogen) atoms. The van der Waals surface area contributed by atoms with Crippen molar-refractivity contribution in [2.75, 3.05) is 33.3 Å². The number of amides is 1. The predicted molar refractivity (Wildman–Crippen MR) is 99.7 cm³/mol. The van der Waals surface area contributed by atoms with Crippen molar-refractivity contribution in [3.63, 3.8) is 0 Å². The van der Waals surface area contributed by atoms with Gasteiger partial charge in [-0.1, -0.05) is 12.0 Å². The van der Waals surface area contributed by atoms with Crippen LogP contribution in [0, 0.1) is 18.3 Å². The van der Waals surface area contributed by atoms with Gasteiger partial charge in [0.1, 0.15) is 5.75 Å². The van der Waals surface area contributed by atoms with Crippen LogP contribution in [-0.4, -0.2) is 44.1 Å². The van der Waals surface area contributed by atoms with E-state index in [-0.39, 0.29) is 11.8 Å². The molecular formula is C21H28N2O2. The fraction of sp³-hybridized carbons (Fsp3) is 0.571. The molecule has 1 saturated heterocycles. The second kappa shape index (κ2) is 8.40. The lowest BCUT2D eigenvalue weighted by molar-refractivity contribution is -0.126. The smallest absolute Gasteiger partial charge is 0.223 e. The Hall–Kier alpha value is -1.99. The highest BCUT2D eigenvalue weighted by molar-refractivity contribution is 5.78. The van der Waals surface area contributed by atoms with Crippen LogP contribution in [0.25, 0.3) is 0 Å². The lowest BCUT2D eigenvalue weighted by Crippen LogP contribution is -2.41. The molecule has 1 unspecified atom stereocenters. The number of carbonyl (C=O) groups excluding carboxylic acids is 1. The summed E-state index contributed by atoms with van der Waals surface area (Å²) in [4.78, 5) is 14.8. The van der Waals surface area contributed by atoms with Crippen LogP contribution < -0.4 is 10.1 Å². The molecule has 1 aromatic rings. The van der Waals surface area contributed by atoms with E-state index in [1.807, 2.05) is 6.07 Å². The van der Waals surface area contributed by atoms with Gasteiger partial charge in [0, 0.05) is 18.4 Å². The molecule has 0 spiro atoms. The van der Waals surface area contributed by atoms with Crippen LogP contribution in [0.5, 0.6) is 5.75 Å². The summed E-state index contributed by atoms with van der Waals surface area (Å²) in [6.07, 6.45) is 10.6. The van der Waals surface area contributed by atoms with Gasteiger partial charge < -0.3 is 10.1 Å². The van der Waals surface area contributed by atoms with E-state index >= 15 is 0 Å². The van der Waals surface area contributed by atoms with Crippen LogP contribution in [0.15, 0.2) is 18.2 Å². The highest BCUT2D eigenvalue weighted by Gasteiger charge is 2.26. The Bertz CT molecular complexity index is 642. The Morgan fingerprint density at radius 1 is 1.36 bits per heavy atom. The first kappa shape index (κ1) is 17.8. The van der Waals surface area contributed by atoms with E-state index in [1.54, 1.807) is 7.11 Å². The number of benzene rings is 1. The molecule has 1 N–H and O–H groups in total. The molecule has 1 atom stereocenters. The average Bonchev–Trinajstić information content (AvgIpc) is 2.66. The molecule has 1 aliphatic heterocycles. The van der Waals surface area contributed by atoms with Crippen LogP contribution >= 0.6 is 0 Å². The summed E-state index contributed by atoms with van der Waals surface area (Å²) in [7, 11) is 1.71. The minimum Gasteiger partial charge on any atom is -0.497 e. The largest absolute Gasteiger partial charge is 0.497 e. The zero-order chi connectivity index (χ0) is 17.6. The monoisotopic (exact) mass is 340 g/mol. The van der Waals surface area contributed by atoms with Crippen molar-refractivity contribution >= 4 is 5.91 Å². The Balaban J connectivity index is 1.53. The molecule has 3 rings (SSSR count). The van der Waals surface area contributed by atoms with Gasteiger partial charge in [0.15, 0.2) is 0 Å². The summed E-state index contributed by atoms with van der Waals surface area (Å²) < 4.78 is 5.33. The van der Waals surface area contributed by atoms with Gasteiger partial charge in [-0.15, -0.1) is 6.42 Å². The molecule has 1 heterocycles. The van der Waals surface area contributed by atoms with Crippen molar-refractivity contribution in [3.8, 4) is 18.1 Å². The summed E-state index contributed by atoms with van der Waals surface area (Å²) in [5, 5.41) is 3.21. The maximum atomic E-state index is 12.5. The molecule has 4 heteroatoms. The number of piperidine rings is 1. The number of fused-ring (bicyclic) bond motifs is 1. The van der Waals surface area contributed by atoms with Gasteiger partial charge >= 0.3 is 0 Å². The van der Waals surface area contributed by atoms with Crippen LogP contribution in [-0.2, 0) is 11.2 Å². The van der Waals surface area contributed by atoms with Gasteiger partial charge in [-0.3, -0.25) is 9.69 Å². The van der Waals surface area contributed by atoms with Gasteiger partial charge in [0.25, 0.3) is 0 Å². The number of ether oxygens (including phenoxy) is 1. The summed E-state index contributed by atoms with van der Waals surface area (Å²) in [5.74, 6) is 4.36. The second-order valence-electron chi connectivity index (χ2n) is 7.15. The summed E-state index contributed by atoms with van der Waals surface area (Å²) in [6.45, 7) is 3.28. The quantitative estimate of drug-likeness (QED) is 0.838. The van der Waals surface area contributed by atoms with E-state index in [1.165, 1.54) is 17.5 Å². The van der Waals surface area contributed by atoms with Crippen molar-refractivity contribution in [1.82, 2.24) is 10.2 Å². The van der Waals surface area contributed by atoms with E-state index in [4.69, 9.17) is 11.2 Å². The fourth-order valence-corrected chi connectivity index (χ4v) is 4.08. The maximum Gasteiger partial charge on any atom is 0.223 e. The molecule has 0 aromatic heterocycles. The summed E-state index contributed by atoms with van der Waals surface area (Å²) in [5.41, 5.74) is 2.74. The van der Waals surface area contributed by atoms with Gasteiger partial charge in [-0.05, 0) is 68.5 Å². The normalized spacial score (nSPS) is 21.2. The third kappa shape index (κ3) is 4.35. The van der Waals surface area contributed by atoms with Gasteiger partial charge in [-0.2, -0.15) is 0 Å². The number of aryl methyl sites for hydroxylation is 1. The number of rotatable bonds is 5. The average molecular weight is 340 g/mol. The number of nitrogens with one attached hydrogen (secondary N) is 1. The van der Waals surface area contributed by atoms with E-state index in [0.717, 1.165) is 51.1 Å².